The lowest BCUT2D eigenvalue weighted by molar-refractivity contribution is -0.137. The van der Waals surface area contributed by atoms with Crippen molar-refractivity contribution in [1.29, 1.82) is 0 Å². The first-order valence-corrected chi connectivity index (χ1v) is 11.0. The molecule has 1 amide bonds. The Kier molecular flexibility index (Phi) is 7.71. The molecule has 0 aliphatic heterocycles. The predicted octanol–water partition coefficient (Wildman–Crippen LogP) is 3.11. The molecule has 30 heavy (non-hydrogen) atoms. The van der Waals surface area contributed by atoms with Crippen molar-refractivity contribution in [3.63, 3.8) is 0 Å². The molecule has 0 saturated carbocycles. The van der Waals surface area contributed by atoms with Crippen LogP contribution in [0, 0.1) is 0 Å². The SMILES string of the molecule is CN(CCCNC(=O)CN(c1cccc(C(F)(F)F)c1)S(C)(=O)=O)c1ccccc1. The lowest BCUT2D eigenvalue weighted by Gasteiger charge is -2.23. The maximum absolute atomic E-state index is 12.9. The van der Waals surface area contributed by atoms with E-state index < -0.39 is 34.2 Å². The number of para-hydroxylation sites is 1. The Morgan fingerprint density at radius 1 is 1.03 bits per heavy atom. The highest BCUT2D eigenvalue weighted by Crippen LogP contribution is 2.32. The van der Waals surface area contributed by atoms with Gasteiger partial charge in [-0.2, -0.15) is 13.2 Å². The first-order chi connectivity index (χ1) is 14.0. The normalized spacial score (nSPS) is 11.8. The molecule has 0 bridgehead atoms. The minimum absolute atomic E-state index is 0.216. The number of halogens is 3. The van der Waals surface area contributed by atoms with Gasteiger partial charge in [0.2, 0.25) is 15.9 Å². The zero-order valence-corrected chi connectivity index (χ0v) is 17.5. The van der Waals surface area contributed by atoms with Gasteiger partial charge in [0.1, 0.15) is 6.54 Å². The summed E-state index contributed by atoms with van der Waals surface area (Å²) >= 11 is 0. The molecule has 2 aromatic carbocycles. The van der Waals surface area contributed by atoms with Gasteiger partial charge in [-0.3, -0.25) is 9.10 Å². The van der Waals surface area contributed by atoms with Crippen molar-refractivity contribution in [2.75, 3.05) is 42.1 Å². The molecule has 2 aromatic rings. The number of carbonyl (C=O) groups excluding carboxylic acids is 1. The van der Waals surface area contributed by atoms with Crippen LogP contribution >= 0.6 is 0 Å². The van der Waals surface area contributed by atoms with Crippen LogP contribution in [0.3, 0.4) is 0 Å². The fraction of sp³-hybridized carbons (Fsp3) is 0.350. The molecule has 0 fully saturated rings. The third kappa shape index (κ3) is 6.94. The van der Waals surface area contributed by atoms with Crippen LogP contribution in [0.4, 0.5) is 24.5 Å². The standard InChI is InChI=1S/C20H24F3N3O3S/c1-25(17-9-4-3-5-10-17)13-7-12-24-19(27)15-26(30(2,28)29)18-11-6-8-16(14-18)20(21,22)23/h3-6,8-11,14H,7,12-13,15H2,1-2H3,(H,24,27). The Hall–Kier alpha value is -2.75. The Balaban J connectivity index is 1.95. The smallest absolute Gasteiger partial charge is 0.375 e. The van der Waals surface area contributed by atoms with Gasteiger partial charge in [-0.05, 0) is 36.8 Å². The zero-order chi connectivity index (χ0) is 22.4. The highest BCUT2D eigenvalue weighted by Gasteiger charge is 2.31. The topological polar surface area (TPSA) is 69.7 Å². The van der Waals surface area contributed by atoms with Crippen molar-refractivity contribution in [3.8, 4) is 0 Å². The quantitative estimate of drug-likeness (QED) is 0.605. The Morgan fingerprint density at radius 3 is 2.27 bits per heavy atom. The highest BCUT2D eigenvalue weighted by molar-refractivity contribution is 7.92. The lowest BCUT2D eigenvalue weighted by Crippen LogP contribution is -2.41. The van der Waals surface area contributed by atoms with Gasteiger partial charge in [-0.15, -0.1) is 0 Å². The molecule has 0 atom stereocenters. The lowest BCUT2D eigenvalue weighted by atomic mass is 10.2. The molecular weight excluding hydrogens is 419 g/mol. The molecule has 1 N–H and O–H groups in total. The van der Waals surface area contributed by atoms with E-state index in [1.807, 2.05) is 42.3 Å². The van der Waals surface area contributed by atoms with Gasteiger partial charge in [-0.25, -0.2) is 8.42 Å². The Labute approximate surface area is 174 Å². The largest absolute Gasteiger partial charge is 0.416 e. The first kappa shape index (κ1) is 23.5. The Morgan fingerprint density at radius 2 is 1.67 bits per heavy atom. The molecule has 2 rings (SSSR count). The van der Waals surface area contributed by atoms with E-state index >= 15 is 0 Å². The van der Waals surface area contributed by atoms with Crippen LogP contribution in [0.1, 0.15) is 12.0 Å². The predicted molar refractivity (Wildman–Crippen MR) is 111 cm³/mol. The zero-order valence-electron chi connectivity index (χ0n) is 16.7. The number of rotatable bonds is 9. The molecule has 0 spiro atoms. The molecule has 0 unspecified atom stereocenters. The number of nitrogens with zero attached hydrogens (tertiary/aromatic N) is 2. The average molecular weight is 443 g/mol. The second kappa shape index (κ2) is 9.84. The monoisotopic (exact) mass is 443 g/mol. The Bertz CT molecular complexity index is 951. The summed E-state index contributed by atoms with van der Waals surface area (Å²) in [6, 6.07) is 13.5. The van der Waals surface area contributed by atoms with Crippen LogP contribution in [0.2, 0.25) is 0 Å². The van der Waals surface area contributed by atoms with Gasteiger partial charge in [0.15, 0.2) is 0 Å². The molecule has 0 aliphatic rings. The molecule has 10 heteroatoms. The molecule has 6 nitrogen and oxygen atoms in total. The minimum Gasteiger partial charge on any atom is -0.375 e. The summed E-state index contributed by atoms with van der Waals surface area (Å²) in [7, 11) is -2.05. The second-order valence-corrected chi connectivity index (χ2v) is 8.69. The summed E-state index contributed by atoms with van der Waals surface area (Å²) < 4.78 is 63.6. The van der Waals surface area contributed by atoms with Gasteiger partial charge in [0, 0.05) is 25.8 Å². The number of alkyl halides is 3. The maximum Gasteiger partial charge on any atom is 0.416 e. The van der Waals surface area contributed by atoms with Crippen LogP contribution < -0.4 is 14.5 Å². The van der Waals surface area contributed by atoms with E-state index in [1.54, 1.807) is 0 Å². The average Bonchev–Trinajstić information content (AvgIpc) is 2.68. The molecule has 0 aromatic heterocycles. The summed E-state index contributed by atoms with van der Waals surface area (Å²) in [6.45, 7) is 0.360. The number of anilines is 2. The van der Waals surface area contributed by atoms with Crippen LogP contribution in [0.5, 0.6) is 0 Å². The van der Waals surface area contributed by atoms with Crippen molar-refractivity contribution < 1.29 is 26.4 Å². The summed E-state index contributed by atoms with van der Waals surface area (Å²) in [5.41, 5.74) is -0.180. The van der Waals surface area contributed by atoms with Crippen LogP contribution in [-0.2, 0) is 21.0 Å². The van der Waals surface area contributed by atoms with E-state index in [4.69, 9.17) is 0 Å². The van der Waals surface area contributed by atoms with Crippen LogP contribution in [0.25, 0.3) is 0 Å². The molecular formula is C20H24F3N3O3S. The summed E-state index contributed by atoms with van der Waals surface area (Å²) in [5.74, 6) is -0.597. The van der Waals surface area contributed by atoms with Gasteiger partial charge in [0.25, 0.3) is 0 Å². The molecule has 164 valence electrons. The number of amides is 1. The first-order valence-electron chi connectivity index (χ1n) is 9.16. The van der Waals surface area contributed by atoms with E-state index in [0.717, 1.165) is 24.1 Å². The second-order valence-electron chi connectivity index (χ2n) is 6.78. The van der Waals surface area contributed by atoms with Gasteiger partial charge < -0.3 is 10.2 Å². The number of hydrogen-bond donors (Lipinski definition) is 1. The van der Waals surface area contributed by atoms with Crippen LogP contribution in [-0.4, -0.2) is 47.3 Å². The number of sulfonamides is 1. The minimum atomic E-state index is -4.62. The van der Waals surface area contributed by atoms with Crippen molar-refractivity contribution in [2.24, 2.45) is 0 Å². The van der Waals surface area contributed by atoms with Crippen molar-refractivity contribution in [2.45, 2.75) is 12.6 Å². The van der Waals surface area contributed by atoms with Crippen molar-refractivity contribution >= 4 is 27.3 Å². The highest BCUT2D eigenvalue weighted by atomic mass is 32.2. The van der Waals surface area contributed by atoms with Gasteiger partial charge in [0.05, 0.1) is 17.5 Å². The number of nitrogens with one attached hydrogen (secondary N) is 1. The van der Waals surface area contributed by atoms with Crippen molar-refractivity contribution in [1.82, 2.24) is 5.32 Å². The van der Waals surface area contributed by atoms with E-state index in [1.165, 1.54) is 6.07 Å². The molecule has 0 saturated heterocycles. The third-order valence-electron chi connectivity index (χ3n) is 4.34. The summed E-state index contributed by atoms with van der Waals surface area (Å²) in [6.07, 6.45) is -3.17. The summed E-state index contributed by atoms with van der Waals surface area (Å²) in [4.78, 5) is 14.2. The number of hydrogen-bond acceptors (Lipinski definition) is 4. The van der Waals surface area contributed by atoms with Crippen LogP contribution in [0.15, 0.2) is 54.6 Å². The van der Waals surface area contributed by atoms with E-state index in [0.29, 0.717) is 29.9 Å². The van der Waals surface area contributed by atoms with E-state index in [2.05, 4.69) is 5.32 Å². The third-order valence-corrected chi connectivity index (χ3v) is 5.48. The van der Waals surface area contributed by atoms with Crippen molar-refractivity contribution in [3.05, 3.63) is 60.2 Å². The molecule has 0 aliphatic carbocycles. The van der Waals surface area contributed by atoms with E-state index in [-0.39, 0.29) is 5.69 Å². The van der Waals surface area contributed by atoms with E-state index in [9.17, 15) is 26.4 Å². The molecule has 0 heterocycles. The van der Waals surface area contributed by atoms with Gasteiger partial charge >= 0.3 is 6.18 Å². The molecule has 0 radical (unpaired) electrons. The number of carbonyl (C=O) groups is 1. The van der Waals surface area contributed by atoms with Gasteiger partial charge in [-0.1, -0.05) is 24.3 Å². The fourth-order valence-corrected chi connectivity index (χ4v) is 3.63. The number of benzene rings is 2. The summed E-state index contributed by atoms with van der Waals surface area (Å²) in [5, 5.41) is 2.61. The maximum atomic E-state index is 12.9. The fourth-order valence-electron chi connectivity index (χ4n) is 2.78.